The lowest BCUT2D eigenvalue weighted by molar-refractivity contribution is 0.144. The number of aryl methyl sites for hydroxylation is 1. The number of ether oxygens (including phenoxy) is 1. The first-order valence-corrected chi connectivity index (χ1v) is 5.90. The van der Waals surface area contributed by atoms with Gasteiger partial charge in [0.1, 0.15) is 0 Å². The summed E-state index contributed by atoms with van der Waals surface area (Å²) in [4.78, 5) is 5.53. The fourth-order valence-corrected chi connectivity index (χ4v) is 1.89. The van der Waals surface area contributed by atoms with Crippen LogP contribution in [0.1, 0.15) is 23.9 Å². The van der Waals surface area contributed by atoms with E-state index in [1.54, 1.807) is 11.3 Å². The van der Waals surface area contributed by atoms with Crippen LogP contribution in [-0.4, -0.2) is 24.7 Å². The van der Waals surface area contributed by atoms with Gasteiger partial charge in [-0.25, -0.2) is 4.98 Å². The van der Waals surface area contributed by atoms with Gasteiger partial charge in [-0.15, -0.1) is 11.3 Å². The second kappa shape index (κ2) is 6.92. The number of aromatic nitrogens is 1. The molecule has 0 atom stereocenters. The number of rotatable bonds is 7. The van der Waals surface area contributed by atoms with E-state index in [0.29, 0.717) is 0 Å². The minimum atomic E-state index is 0.813. The molecule has 0 spiro atoms. The summed E-state index contributed by atoms with van der Waals surface area (Å²) in [6.45, 7) is 7.68. The third kappa shape index (κ3) is 4.17. The SMILES string of the molecule is CCOCCCNCc1scnc1C. The number of thiazole rings is 1. The minimum absolute atomic E-state index is 0.813. The van der Waals surface area contributed by atoms with E-state index in [0.717, 1.165) is 38.4 Å². The van der Waals surface area contributed by atoms with Gasteiger partial charge in [0.15, 0.2) is 0 Å². The summed E-state index contributed by atoms with van der Waals surface area (Å²) >= 11 is 1.71. The van der Waals surface area contributed by atoms with Gasteiger partial charge in [-0.05, 0) is 26.8 Å². The highest BCUT2D eigenvalue weighted by molar-refractivity contribution is 7.09. The molecule has 14 heavy (non-hydrogen) atoms. The molecular formula is C10H18N2OS. The summed E-state index contributed by atoms with van der Waals surface area (Å²) in [5.41, 5.74) is 3.04. The van der Waals surface area contributed by atoms with E-state index < -0.39 is 0 Å². The van der Waals surface area contributed by atoms with Crippen LogP contribution in [-0.2, 0) is 11.3 Å². The van der Waals surface area contributed by atoms with Gasteiger partial charge in [-0.1, -0.05) is 0 Å². The quantitative estimate of drug-likeness (QED) is 0.705. The van der Waals surface area contributed by atoms with Crippen molar-refractivity contribution in [3.63, 3.8) is 0 Å². The van der Waals surface area contributed by atoms with Crippen LogP contribution in [0, 0.1) is 6.92 Å². The molecule has 3 nitrogen and oxygen atoms in total. The summed E-state index contributed by atoms with van der Waals surface area (Å²) < 4.78 is 5.24. The second-order valence-corrected chi connectivity index (χ2v) is 4.03. The fraction of sp³-hybridized carbons (Fsp3) is 0.700. The standard InChI is InChI=1S/C10H18N2OS/c1-3-13-6-4-5-11-7-10-9(2)12-8-14-10/h8,11H,3-7H2,1-2H3. The maximum atomic E-state index is 5.24. The number of hydrogen-bond acceptors (Lipinski definition) is 4. The van der Waals surface area contributed by atoms with Crippen molar-refractivity contribution in [2.45, 2.75) is 26.8 Å². The molecule has 1 rings (SSSR count). The Morgan fingerprint density at radius 3 is 3.07 bits per heavy atom. The molecular weight excluding hydrogens is 196 g/mol. The average Bonchev–Trinajstić information content (AvgIpc) is 2.58. The van der Waals surface area contributed by atoms with Crippen LogP contribution in [0.15, 0.2) is 5.51 Å². The van der Waals surface area contributed by atoms with Crippen LogP contribution in [0.2, 0.25) is 0 Å². The van der Waals surface area contributed by atoms with Crippen LogP contribution in [0.25, 0.3) is 0 Å². The van der Waals surface area contributed by atoms with Gasteiger partial charge >= 0.3 is 0 Å². The van der Waals surface area contributed by atoms with Crippen molar-refractivity contribution in [2.75, 3.05) is 19.8 Å². The van der Waals surface area contributed by atoms with E-state index >= 15 is 0 Å². The Morgan fingerprint density at radius 2 is 2.43 bits per heavy atom. The van der Waals surface area contributed by atoms with Gasteiger partial charge in [0, 0.05) is 24.6 Å². The Morgan fingerprint density at radius 1 is 1.57 bits per heavy atom. The van der Waals surface area contributed by atoms with E-state index in [2.05, 4.69) is 10.3 Å². The fourth-order valence-electron chi connectivity index (χ4n) is 1.14. The lowest BCUT2D eigenvalue weighted by Crippen LogP contribution is -2.16. The topological polar surface area (TPSA) is 34.1 Å². The van der Waals surface area contributed by atoms with Gasteiger partial charge < -0.3 is 10.1 Å². The van der Waals surface area contributed by atoms with Gasteiger partial charge in [0.05, 0.1) is 11.2 Å². The first-order chi connectivity index (χ1) is 6.84. The van der Waals surface area contributed by atoms with Crippen molar-refractivity contribution < 1.29 is 4.74 Å². The van der Waals surface area contributed by atoms with Crippen LogP contribution in [0.3, 0.4) is 0 Å². The zero-order valence-corrected chi connectivity index (χ0v) is 9.69. The predicted molar refractivity (Wildman–Crippen MR) is 59.7 cm³/mol. The molecule has 1 aromatic rings. The zero-order chi connectivity index (χ0) is 10.2. The monoisotopic (exact) mass is 214 g/mol. The zero-order valence-electron chi connectivity index (χ0n) is 8.88. The van der Waals surface area contributed by atoms with Gasteiger partial charge in [-0.3, -0.25) is 0 Å². The smallest absolute Gasteiger partial charge is 0.0798 e. The molecule has 1 N–H and O–H groups in total. The first kappa shape index (κ1) is 11.6. The van der Waals surface area contributed by atoms with Crippen LogP contribution in [0.4, 0.5) is 0 Å². The van der Waals surface area contributed by atoms with Crippen LogP contribution in [0.5, 0.6) is 0 Å². The number of hydrogen-bond donors (Lipinski definition) is 1. The minimum Gasteiger partial charge on any atom is -0.382 e. The summed E-state index contributed by atoms with van der Waals surface area (Å²) in [5, 5.41) is 3.38. The highest BCUT2D eigenvalue weighted by Gasteiger charge is 1.99. The summed E-state index contributed by atoms with van der Waals surface area (Å²) in [6, 6.07) is 0. The Balaban J connectivity index is 2.02. The highest BCUT2D eigenvalue weighted by Crippen LogP contribution is 2.10. The molecule has 0 bridgehead atoms. The van der Waals surface area contributed by atoms with Crippen LogP contribution < -0.4 is 5.32 Å². The molecule has 0 amide bonds. The molecule has 0 saturated carbocycles. The van der Waals surface area contributed by atoms with E-state index in [9.17, 15) is 0 Å². The highest BCUT2D eigenvalue weighted by atomic mass is 32.1. The molecule has 0 aliphatic heterocycles. The molecule has 0 aliphatic rings. The van der Waals surface area contributed by atoms with Crippen molar-refractivity contribution in [3.8, 4) is 0 Å². The first-order valence-electron chi connectivity index (χ1n) is 5.02. The second-order valence-electron chi connectivity index (χ2n) is 3.09. The molecule has 4 heteroatoms. The Kier molecular flexibility index (Phi) is 5.75. The molecule has 0 fully saturated rings. The third-order valence-corrected chi connectivity index (χ3v) is 2.91. The molecule has 0 saturated heterocycles. The Labute approximate surface area is 89.5 Å². The number of nitrogens with one attached hydrogen (secondary N) is 1. The molecule has 0 aromatic carbocycles. The van der Waals surface area contributed by atoms with Crippen molar-refractivity contribution in [2.24, 2.45) is 0 Å². The molecule has 0 aliphatic carbocycles. The lowest BCUT2D eigenvalue weighted by atomic mass is 10.4. The van der Waals surface area contributed by atoms with Crippen molar-refractivity contribution >= 4 is 11.3 Å². The molecule has 0 radical (unpaired) electrons. The van der Waals surface area contributed by atoms with Gasteiger partial charge in [0.2, 0.25) is 0 Å². The van der Waals surface area contributed by atoms with E-state index in [1.807, 2.05) is 19.4 Å². The van der Waals surface area contributed by atoms with Crippen LogP contribution >= 0.6 is 11.3 Å². The molecule has 1 heterocycles. The summed E-state index contributed by atoms with van der Waals surface area (Å²) in [5.74, 6) is 0. The van der Waals surface area contributed by atoms with Crippen molar-refractivity contribution in [3.05, 3.63) is 16.1 Å². The molecule has 80 valence electrons. The van der Waals surface area contributed by atoms with E-state index in [1.165, 1.54) is 4.88 Å². The summed E-state index contributed by atoms with van der Waals surface area (Å²) in [7, 11) is 0. The normalized spacial score (nSPS) is 10.7. The van der Waals surface area contributed by atoms with Gasteiger partial charge in [-0.2, -0.15) is 0 Å². The molecule has 0 unspecified atom stereocenters. The van der Waals surface area contributed by atoms with Gasteiger partial charge in [0.25, 0.3) is 0 Å². The maximum Gasteiger partial charge on any atom is 0.0798 e. The third-order valence-electron chi connectivity index (χ3n) is 1.98. The number of nitrogens with zero attached hydrogens (tertiary/aromatic N) is 1. The van der Waals surface area contributed by atoms with Crippen molar-refractivity contribution in [1.29, 1.82) is 0 Å². The van der Waals surface area contributed by atoms with Crippen molar-refractivity contribution in [1.82, 2.24) is 10.3 Å². The predicted octanol–water partition coefficient (Wildman–Crippen LogP) is 1.97. The van der Waals surface area contributed by atoms with E-state index in [4.69, 9.17) is 4.74 Å². The Hall–Kier alpha value is -0.450. The molecule has 1 aromatic heterocycles. The Bertz CT molecular complexity index is 250. The largest absolute Gasteiger partial charge is 0.382 e. The summed E-state index contributed by atoms with van der Waals surface area (Å²) in [6.07, 6.45) is 1.08. The van der Waals surface area contributed by atoms with E-state index in [-0.39, 0.29) is 0 Å². The average molecular weight is 214 g/mol. The lowest BCUT2D eigenvalue weighted by Gasteiger charge is -2.03. The maximum absolute atomic E-state index is 5.24.